The van der Waals surface area contributed by atoms with Crippen molar-refractivity contribution in [2.45, 2.75) is 69.3 Å². The maximum Gasteiger partial charge on any atom is 1.00 e. The zero-order valence-electron chi connectivity index (χ0n) is 41.9. The summed E-state index contributed by atoms with van der Waals surface area (Å²) in [6.45, 7) is 9.87. The summed E-state index contributed by atoms with van der Waals surface area (Å²) in [5.41, 5.74) is 2.86. The molecule has 26 heteroatoms. The third kappa shape index (κ3) is 22.6. The number of ether oxygens (including phenoxy) is 1. The molecule has 6 atom stereocenters. The van der Waals surface area contributed by atoms with Crippen LogP contribution in [0.3, 0.4) is 0 Å². The number of hydrogen-bond acceptors (Lipinski definition) is 15. The predicted molar refractivity (Wildman–Crippen MR) is 259 cm³/mol. The number of halogens is 8. The van der Waals surface area contributed by atoms with Crippen LogP contribution in [-0.2, 0) is 27.4 Å². The Bertz CT molecular complexity index is 2020. The van der Waals surface area contributed by atoms with Gasteiger partial charge in [0.25, 0.3) is 6.47 Å². The van der Waals surface area contributed by atoms with Gasteiger partial charge < -0.3 is 51.6 Å². The van der Waals surface area contributed by atoms with Crippen molar-refractivity contribution >= 4 is 63.0 Å². The van der Waals surface area contributed by atoms with Crippen molar-refractivity contribution in [2.75, 3.05) is 120 Å². The van der Waals surface area contributed by atoms with Crippen molar-refractivity contribution in [1.29, 1.82) is 0 Å². The van der Waals surface area contributed by atoms with Gasteiger partial charge in [-0.15, -0.1) is 12.4 Å². The summed E-state index contributed by atoms with van der Waals surface area (Å²) in [5, 5.41) is 40.9. The number of aliphatic hydroxyl groups excluding tert-OH is 2. The van der Waals surface area contributed by atoms with E-state index in [0.29, 0.717) is 78.3 Å². The predicted octanol–water partition coefficient (Wildman–Crippen LogP) is -2.14. The molecule has 1 aromatic heterocycles. The van der Waals surface area contributed by atoms with Crippen molar-refractivity contribution < 1.29 is 170 Å². The molecule has 4 fully saturated rings. The number of carbonyl (C=O) groups is 2. The standard InChI is InChI=1S/C31H36F2N6O3.C7H13F2NO.C4H7F2N.C3H7BrO.CH2O3.ClH.2K.H/c1-2-29(41)37-11-13-38(14-12-37)30-24-8-10-39(28-17-22(40)16-21-6-3-4-7-23(21)28)20-27(24)34-31(35-30)42-15-5-9-36-18-25(32)26(33)19-36;8-6-4-10(2-1-3-11)5-7(6)9;5-3-1-7-2-4(3)6;4-2-1-3-5;2-1-4-3;;;;/h2-4,6-7,16-17,25-26,40H,1,5,8-15,18-20H2;6-7,11H,1-5H2;3-4,7H,1-2H2;5H,1-3H2;1,3H;1H;;;/q;;;;;;2*+1;-1/p-1/t25-,26+;6-,7+;3-,4+;;;;;;. The van der Waals surface area contributed by atoms with Crippen LogP contribution in [0.4, 0.5) is 37.8 Å². The third-order valence-electron chi connectivity index (χ3n) is 11.7. The quantitative estimate of drug-likeness (QED) is 0.0200. The largest absolute Gasteiger partial charge is 1.00 e. The minimum Gasteiger partial charge on any atom is -1.00 e. The number of likely N-dealkylation sites (tertiary alicyclic amines) is 2. The van der Waals surface area contributed by atoms with Crippen molar-refractivity contribution in [3.8, 4) is 11.8 Å². The number of aromatic nitrogens is 2. The average Bonchev–Trinajstić information content (AvgIpc) is 4.02. The molecule has 396 valence electrons. The number of piperazine rings is 1. The van der Waals surface area contributed by atoms with E-state index in [1.807, 2.05) is 18.2 Å². The summed E-state index contributed by atoms with van der Waals surface area (Å²) < 4.78 is 81.9. The van der Waals surface area contributed by atoms with Gasteiger partial charge in [0.15, 0.2) is 0 Å². The van der Waals surface area contributed by atoms with Crippen LogP contribution in [0.1, 0.15) is 31.9 Å². The number of benzene rings is 2. The maximum atomic E-state index is 13.6. The summed E-state index contributed by atoms with van der Waals surface area (Å²) in [6, 6.07) is 11.8. The monoisotopic (exact) mass is 1160 g/mol. The summed E-state index contributed by atoms with van der Waals surface area (Å²) >= 11 is 3.15. The first-order valence-electron chi connectivity index (χ1n) is 22.9. The Hall–Kier alpha value is -0.957. The van der Waals surface area contributed by atoms with E-state index in [2.05, 4.69) is 48.6 Å². The molecule has 0 radical (unpaired) electrons. The maximum absolute atomic E-state index is 13.6. The van der Waals surface area contributed by atoms with Crippen LogP contribution in [0.25, 0.3) is 10.8 Å². The van der Waals surface area contributed by atoms with Crippen LogP contribution in [0.5, 0.6) is 11.8 Å². The number of hydrogen-bond donors (Lipinski definition) is 4. The van der Waals surface area contributed by atoms with E-state index in [1.54, 1.807) is 26.8 Å². The number of aliphatic hydroxyl groups is 2. The number of carbonyl (C=O) groups excluding carboxylic acids is 2. The van der Waals surface area contributed by atoms with Gasteiger partial charge in [-0.2, -0.15) is 9.97 Å². The number of nitrogens with one attached hydrogen (secondary N) is 1. The van der Waals surface area contributed by atoms with Gasteiger partial charge in [0.1, 0.15) is 48.6 Å². The van der Waals surface area contributed by atoms with E-state index in [4.69, 9.17) is 35.0 Å². The molecule has 16 nitrogen and oxygen atoms in total. The van der Waals surface area contributed by atoms with Gasteiger partial charge in [-0.3, -0.25) is 19.4 Å². The van der Waals surface area contributed by atoms with Gasteiger partial charge in [0.2, 0.25) is 5.91 Å². The first-order chi connectivity index (χ1) is 33.3. The van der Waals surface area contributed by atoms with Crippen LogP contribution < -0.4 is 128 Å². The Morgan fingerprint density at radius 3 is 1.88 bits per heavy atom. The fraction of sp³-hybridized carbons (Fsp3) is 0.609. The molecule has 3 aromatic rings. The van der Waals surface area contributed by atoms with Crippen molar-refractivity contribution in [1.82, 2.24) is 30.0 Å². The van der Waals surface area contributed by atoms with Crippen molar-refractivity contribution in [3.63, 3.8) is 0 Å². The number of nitrogens with zero attached hydrogens (tertiary/aromatic N) is 7. The minimum atomic E-state index is -1.42. The summed E-state index contributed by atoms with van der Waals surface area (Å²) in [5.74, 6) is 0.958. The fourth-order valence-electron chi connectivity index (χ4n) is 8.10. The normalized spacial score (nSPS) is 22.3. The van der Waals surface area contributed by atoms with Crippen LogP contribution in [0, 0.1) is 0 Å². The zero-order chi connectivity index (χ0) is 50.3. The van der Waals surface area contributed by atoms with E-state index in [0.717, 1.165) is 51.8 Å². The number of phenols is 1. The molecule has 0 aliphatic carbocycles. The van der Waals surface area contributed by atoms with E-state index >= 15 is 0 Å². The molecule has 72 heavy (non-hydrogen) atoms. The summed E-state index contributed by atoms with van der Waals surface area (Å²) in [4.78, 5) is 42.7. The van der Waals surface area contributed by atoms with Gasteiger partial charge in [0.05, 0.1) is 18.8 Å². The molecule has 8 rings (SSSR count). The van der Waals surface area contributed by atoms with E-state index in [9.17, 15) is 36.2 Å². The second-order valence-corrected chi connectivity index (χ2v) is 17.4. The molecule has 0 spiro atoms. The van der Waals surface area contributed by atoms with Crippen molar-refractivity contribution in [2.24, 2.45) is 0 Å². The molecule has 5 aliphatic rings. The Kier molecular flexibility index (Phi) is 36.2. The smallest absolute Gasteiger partial charge is 1.00 e. The summed E-state index contributed by atoms with van der Waals surface area (Å²) in [6.07, 6.45) is -3.92. The Morgan fingerprint density at radius 1 is 0.833 bits per heavy atom. The van der Waals surface area contributed by atoms with Crippen LogP contribution >= 0.6 is 28.3 Å². The fourth-order valence-corrected chi connectivity index (χ4v) is 8.35. The minimum absolute atomic E-state index is 0. The number of rotatable bonds is 14. The molecule has 4 N–H and O–H groups in total. The SMILES string of the molecule is C=CC(=O)N1CCN(c2nc(OCCCN3C[C@@H](F)[C@@H](F)C3)nc3c2CCN(c2cc(O)cc4ccccc24)C3)CC1.Cl.F[C@@H]1CNC[C@@H]1F.O=CO[O-].OCCCBr.OCCCN1C[C@@H](F)[C@@H](F)C1.[H-].[K+].[K+]. The molecular weight excluding hydrogens is 1100 g/mol. The van der Waals surface area contributed by atoms with Gasteiger partial charge in [-0.25, -0.2) is 26.3 Å². The van der Waals surface area contributed by atoms with Crippen LogP contribution in [0.2, 0.25) is 0 Å². The molecule has 5 aliphatic heterocycles. The number of aromatic hydroxyl groups is 1. The second-order valence-electron chi connectivity index (χ2n) is 16.6. The van der Waals surface area contributed by atoms with E-state index in [-0.39, 0.29) is 187 Å². The van der Waals surface area contributed by atoms with Gasteiger partial charge in [-0.1, -0.05) is 46.8 Å². The zero-order valence-corrected chi connectivity index (χ0v) is 49.6. The molecule has 4 saturated heterocycles. The molecule has 1 amide bonds. The van der Waals surface area contributed by atoms with Crippen LogP contribution in [-0.4, -0.2) is 200 Å². The molecule has 0 unspecified atom stereocenters. The van der Waals surface area contributed by atoms with E-state index in [1.165, 1.54) is 6.08 Å². The first-order valence-corrected chi connectivity index (χ1v) is 24.0. The van der Waals surface area contributed by atoms with Gasteiger partial charge >= 0.3 is 109 Å². The van der Waals surface area contributed by atoms with Gasteiger partial charge in [-0.05, 0) is 43.2 Å². The molecule has 2 aromatic carbocycles. The van der Waals surface area contributed by atoms with Crippen LogP contribution in [0.15, 0.2) is 49.1 Å². The number of alkyl halides is 7. The number of amides is 1. The number of anilines is 2. The summed E-state index contributed by atoms with van der Waals surface area (Å²) in [7, 11) is 0. The molecule has 0 bridgehead atoms. The average molecular weight is 1170 g/mol. The third-order valence-corrected chi connectivity index (χ3v) is 12.2. The first kappa shape index (κ1) is 69.1. The molecular formula is C46H66BrClF6K2N8O8. The topological polar surface area (TPSA) is 190 Å². The Balaban J connectivity index is 0.00000137. The van der Waals surface area contributed by atoms with Gasteiger partial charge in [0, 0.05) is 126 Å². The Labute approximate surface area is 518 Å². The molecule has 6 heterocycles. The number of phenolic OH excluding ortho intramolecular Hbond substituents is 1. The van der Waals surface area contributed by atoms with E-state index < -0.39 is 37.0 Å². The Morgan fingerprint density at radius 2 is 1.39 bits per heavy atom. The number of fused-ring (bicyclic) bond motifs is 2. The second kappa shape index (κ2) is 37.8. The molecule has 0 saturated carbocycles. The van der Waals surface area contributed by atoms with Crippen molar-refractivity contribution in [3.05, 3.63) is 60.3 Å².